The molecule has 1 aliphatic rings. The van der Waals surface area contributed by atoms with Crippen molar-refractivity contribution in [2.24, 2.45) is 0 Å². The molecule has 4 rings (SSSR count). The van der Waals surface area contributed by atoms with Gasteiger partial charge in [0.25, 0.3) is 0 Å². The number of alkyl halides is 3. The zero-order chi connectivity index (χ0) is 23.6. The number of aromatic amines is 1. The predicted molar refractivity (Wildman–Crippen MR) is 121 cm³/mol. The maximum Gasteiger partial charge on any atom is 0.418 e. The number of morpholine rings is 1. The molecule has 174 valence electrons. The van der Waals surface area contributed by atoms with Crippen molar-refractivity contribution in [2.45, 2.75) is 19.6 Å². The quantitative estimate of drug-likeness (QED) is 0.533. The molecule has 0 saturated carbocycles. The van der Waals surface area contributed by atoms with Crippen LogP contribution in [-0.2, 0) is 22.3 Å². The fraction of sp³-hybridized carbons (Fsp3) is 0.318. The number of nitrogens with one attached hydrogen (secondary N) is 2. The molecule has 2 aromatic carbocycles. The number of carbonyl (C=O) groups excluding carboxylic acids is 1. The normalized spacial score (nSPS) is 14.4. The average Bonchev–Trinajstić information content (AvgIpc) is 3.14. The highest BCUT2D eigenvalue weighted by Gasteiger charge is 2.35. The number of halogens is 3. The van der Waals surface area contributed by atoms with Gasteiger partial charge in [0.15, 0.2) is 10.6 Å². The molecule has 1 fully saturated rings. The Morgan fingerprint density at radius 1 is 1.18 bits per heavy atom. The van der Waals surface area contributed by atoms with Crippen molar-refractivity contribution < 1.29 is 22.7 Å². The van der Waals surface area contributed by atoms with Gasteiger partial charge in [-0.25, -0.2) is 0 Å². The van der Waals surface area contributed by atoms with Crippen molar-refractivity contribution in [3.63, 3.8) is 0 Å². The summed E-state index contributed by atoms with van der Waals surface area (Å²) in [4.78, 5) is 14.5. The van der Waals surface area contributed by atoms with Crippen molar-refractivity contribution in [1.82, 2.24) is 14.8 Å². The molecule has 1 amide bonds. The lowest BCUT2D eigenvalue weighted by molar-refractivity contribution is -0.136. The van der Waals surface area contributed by atoms with Gasteiger partial charge in [-0.05, 0) is 37.3 Å². The molecule has 1 saturated heterocycles. The molecule has 33 heavy (non-hydrogen) atoms. The van der Waals surface area contributed by atoms with Gasteiger partial charge in [-0.3, -0.25) is 14.5 Å². The first-order valence-electron chi connectivity index (χ1n) is 10.3. The highest BCUT2D eigenvalue weighted by Crippen LogP contribution is 2.37. The Balaban J connectivity index is 1.57. The second-order valence-electron chi connectivity index (χ2n) is 7.68. The smallest absolute Gasteiger partial charge is 0.378 e. The lowest BCUT2D eigenvalue weighted by Crippen LogP contribution is -2.36. The summed E-state index contributed by atoms with van der Waals surface area (Å²) in [5.41, 5.74) is 0.997. The third-order valence-electron chi connectivity index (χ3n) is 5.33. The van der Waals surface area contributed by atoms with Crippen molar-refractivity contribution in [3.05, 3.63) is 58.4 Å². The van der Waals surface area contributed by atoms with Crippen molar-refractivity contribution in [2.75, 3.05) is 36.5 Å². The Hall–Kier alpha value is -3.18. The van der Waals surface area contributed by atoms with Crippen molar-refractivity contribution in [1.29, 1.82) is 0 Å². The average molecular weight is 478 g/mol. The molecule has 0 unspecified atom stereocenters. The predicted octanol–water partition coefficient (Wildman–Crippen LogP) is 4.41. The number of carbonyl (C=O) groups is 1. The van der Waals surface area contributed by atoms with E-state index in [2.05, 4.69) is 15.5 Å². The van der Waals surface area contributed by atoms with Crippen molar-refractivity contribution in [3.8, 4) is 11.4 Å². The van der Waals surface area contributed by atoms with Gasteiger partial charge in [0.1, 0.15) is 6.54 Å². The minimum atomic E-state index is -4.63. The molecule has 0 atom stereocenters. The Morgan fingerprint density at radius 2 is 1.88 bits per heavy atom. The zero-order valence-electron chi connectivity index (χ0n) is 17.8. The Kier molecular flexibility index (Phi) is 6.52. The fourth-order valence-corrected chi connectivity index (χ4v) is 3.81. The highest BCUT2D eigenvalue weighted by atomic mass is 32.1. The second kappa shape index (κ2) is 9.36. The van der Waals surface area contributed by atoms with Crippen LogP contribution in [0.1, 0.15) is 11.1 Å². The van der Waals surface area contributed by atoms with Crippen LogP contribution in [0.25, 0.3) is 11.4 Å². The number of hydrogen-bond donors (Lipinski definition) is 2. The van der Waals surface area contributed by atoms with E-state index < -0.39 is 17.6 Å². The minimum absolute atomic E-state index is 0.194. The van der Waals surface area contributed by atoms with Gasteiger partial charge in [-0.1, -0.05) is 29.8 Å². The van der Waals surface area contributed by atoms with Gasteiger partial charge in [-0.15, -0.1) is 0 Å². The molecule has 0 spiro atoms. The molecule has 7 nitrogen and oxygen atoms in total. The largest absolute Gasteiger partial charge is 0.418 e. The minimum Gasteiger partial charge on any atom is -0.378 e. The molecule has 2 heterocycles. The van der Waals surface area contributed by atoms with Crippen LogP contribution in [0.5, 0.6) is 0 Å². The SMILES string of the molecule is Cc1ccc(-c2n[nH]c(=S)n2CC(=O)Nc2ccc(N3CCOCC3)cc2C(F)(F)F)cc1. The second-order valence-corrected chi connectivity index (χ2v) is 8.07. The number of rotatable bonds is 5. The number of nitrogens with zero attached hydrogens (tertiary/aromatic N) is 3. The van der Waals surface area contributed by atoms with Crippen LogP contribution in [0.15, 0.2) is 42.5 Å². The van der Waals surface area contributed by atoms with E-state index in [9.17, 15) is 18.0 Å². The van der Waals surface area contributed by atoms with Crippen LogP contribution in [0.4, 0.5) is 24.5 Å². The van der Waals surface area contributed by atoms with Crippen LogP contribution in [0.2, 0.25) is 0 Å². The maximum absolute atomic E-state index is 13.8. The summed E-state index contributed by atoms with van der Waals surface area (Å²) in [5.74, 6) is -0.223. The molecule has 0 bridgehead atoms. The summed E-state index contributed by atoms with van der Waals surface area (Å²) in [7, 11) is 0. The van der Waals surface area contributed by atoms with E-state index in [4.69, 9.17) is 17.0 Å². The van der Waals surface area contributed by atoms with Gasteiger partial charge in [0.2, 0.25) is 5.91 Å². The molecule has 2 N–H and O–H groups in total. The van der Waals surface area contributed by atoms with Crippen LogP contribution < -0.4 is 10.2 Å². The summed E-state index contributed by atoms with van der Waals surface area (Å²) in [6, 6.07) is 11.4. The first-order chi connectivity index (χ1) is 15.7. The lowest BCUT2D eigenvalue weighted by Gasteiger charge is -2.29. The van der Waals surface area contributed by atoms with Gasteiger partial charge >= 0.3 is 6.18 Å². The molecule has 0 radical (unpaired) electrons. The van der Waals surface area contributed by atoms with E-state index in [0.717, 1.165) is 17.2 Å². The Morgan fingerprint density at radius 3 is 2.55 bits per heavy atom. The van der Waals surface area contributed by atoms with Crippen LogP contribution in [0.3, 0.4) is 0 Å². The van der Waals surface area contributed by atoms with E-state index in [-0.39, 0.29) is 17.0 Å². The Bertz CT molecular complexity index is 1200. The monoisotopic (exact) mass is 477 g/mol. The molecule has 0 aliphatic carbocycles. The van der Waals surface area contributed by atoms with Gasteiger partial charge in [-0.2, -0.15) is 18.3 Å². The van der Waals surface area contributed by atoms with E-state index in [1.165, 1.54) is 10.6 Å². The molecule has 11 heteroatoms. The van der Waals surface area contributed by atoms with E-state index in [0.29, 0.717) is 37.8 Å². The first kappa shape index (κ1) is 23.0. The van der Waals surface area contributed by atoms with Crippen LogP contribution >= 0.6 is 12.2 Å². The molecule has 1 aliphatic heterocycles. The molecule has 1 aromatic heterocycles. The number of ether oxygens (including phenoxy) is 1. The topological polar surface area (TPSA) is 75.2 Å². The number of aromatic nitrogens is 3. The van der Waals surface area contributed by atoms with Crippen LogP contribution in [-0.4, -0.2) is 47.0 Å². The fourth-order valence-electron chi connectivity index (χ4n) is 3.61. The zero-order valence-corrected chi connectivity index (χ0v) is 18.6. The van der Waals surface area contributed by atoms with Crippen molar-refractivity contribution >= 4 is 29.5 Å². The number of hydrogen-bond acceptors (Lipinski definition) is 5. The first-order valence-corrected chi connectivity index (χ1v) is 10.7. The summed E-state index contributed by atoms with van der Waals surface area (Å²) in [5, 5.41) is 9.19. The van der Waals surface area contributed by atoms with Gasteiger partial charge < -0.3 is 15.0 Å². The highest BCUT2D eigenvalue weighted by molar-refractivity contribution is 7.71. The molecular weight excluding hydrogens is 455 g/mol. The maximum atomic E-state index is 13.8. The molecule has 3 aromatic rings. The Labute approximate surface area is 193 Å². The van der Waals surface area contributed by atoms with E-state index >= 15 is 0 Å². The summed E-state index contributed by atoms with van der Waals surface area (Å²) in [6.45, 7) is 3.56. The number of benzene rings is 2. The third-order valence-corrected chi connectivity index (χ3v) is 5.64. The molecular formula is C22H22F3N5O2S. The van der Waals surface area contributed by atoms with Crippen LogP contribution in [0, 0.1) is 11.7 Å². The summed E-state index contributed by atoms with van der Waals surface area (Å²) in [6.07, 6.45) is -4.63. The summed E-state index contributed by atoms with van der Waals surface area (Å²) < 4.78 is 48.2. The van der Waals surface area contributed by atoms with E-state index in [1.54, 1.807) is 6.07 Å². The number of anilines is 2. The standard InChI is InChI=1S/C22H22F3N5O2S/c1-14-2-4-15(5-3-14)20-27-28-21(33)30(20)13-19(31)26-18-7-6-16(12-17(18)22(23,24)25)29-8-10-32-11-9-29/h2-7,12H,8-11,13H2,1H3,(H,26,31)(H,28,33). The number of amides is 1. The lowest BCUT2D eigenvalue weighted by atomic mass is 10.1. The number of H-pyrrole nitrogens is 1. The van der Waals surface area contributed by atoms with Gasteiger partial charge in [0.05, 0.1) is 24.5 Å². The van der Waals surface area contributed by atoms with Gasteiger partial charge in [0, 0.05) is 24.3 Å². The number of aryl methyl sites for hydroxylation is 1. The third kappa shape index (κ3) is 5.25. The summed E-state index contributed by atoms with van der Waals surface area (Å²) >= 11 is 5.23. The van der Waals surface area contributed by atoms with E-state index in [1.807, 2.05) is 36.1 Å².